The fourth-order valence-electron chi connectivity index (χ4n) is 2.78. The van der Waals surface area contributed by atoms with E-state index < -0.39 is 0 Å². The maximum Gasteiger partial charge on any atom is 0.283 e. The van der Waals surface area contributed by atoms with Gasteiger partial charge in [-0.1, -0.05) is 12.1 Å². The number of para-hydroxylation sites is 1. The number of amides is 1. The topological polar surface area (TPSA) is 73.0 Å². The zero-order valence-corrected chi connectivity index (χ0v) is 12.4. The van der Waals surface area contributed by atoms with Crippen LogP contribution < -0.4 is 0 Å². The number of carbonyl (C=O) groups is 2. The quantitative estimate of drug-likeness (QED) is 0.680. The summed E-state index contributed by atoms with van der Waals surface area (Å²) >= 11 is 0. The van der Waals surface area contributed by atoms with Crippen LogP contribution in [0.4, 0.5) is 0 Å². The number of aromatic nitrogens is 4. The zero-order valence-electron chi connectivity index (χ0n) is 12.4. The van der Waals surface area contributed by atoms with Crippen molar-refractivity contribution < 1.29 is 9.59 Å². The first-order valence-electron chi connectivity index (χ1n) is 7.10. The average Bonchev–Trinajstić information content (AvgIpc) is 3.21. The van der Waals surface area contributed by atoms with E-state index in [2.05, 4.69) is 9.97 Å². The van der Waals surface area contributed by atoms with Crippen LogP contribution in [0.2, 0.25) is 0 Å². The number of hydrogen-bond acceptors (Lipinski definition) is 4. The number of nitrogens with zero attached hydrogens (tertiary/aromatic N) is 5. The summed E-state index contributed by atoms with van der Waals surface area (Å²) in [6, 6.07) is 7.31. The number of rotatable bonds is 1. The molecule has 1 aromatic carbocycles. The molecule has 0 saturated carbocycles. The number of carbonyl (C=O) groups excluding carboxylic acids is 2. The highest BCUT2D eigenvalue weighted by atomic mass is 16.2. The normalized spacial score (nSPS) is 13.4. The SMILES string of the molecule is CN1Cc2c(C(=O)n3ccnc3)ncn2-c2ccccc2C1=O. The number of imidazole rings is 2. The molecular weight excluding hydrogens is 294 g/mol. The standard InChI is InChI=1S/C16H13N5O2/c1-19-8-13-14(16(23)20-7-6-17-9-20)18-10-21(13)12-5-3-2-4-11(12)15(19)22/h2-7,9-10H,8H2,1H3. The molecular formula is C16H13N5O2. The molecule has 0 fully saturated rings. The Morgan fingerprint density at radius 1 is 1.22 bits per heavy atom. The van der Waals surface area contributed by atoms with Crippen molar-refractivity contribution in [2.75, 3.05) is 7.05 Å². The summed E-state index contributed by atoms with van der Waals surface area (Å²) in [6.07, 6.45) is 6.14. The molecule has 0 unspecified atom stereocenters. The molecule has 0 spiro atoms. The monoisotopic (exact) mass is 307 g/mol. The fourth-order valence-corrected chi connectivity index (χ4v) is 2.78. The molecule has 23 heavy (non-hydrogen) atoms. The lowest BCUT2D eigenvalue weighted by Crippen LogP contribution is -2.26. The third-order valence-electron chi connectivity index (χ3n) is 3.94. The van der Waals surface area contributed by atoms with Gasteiger partial charge < -0.3 is 4.90 Å². The number of fused-ring (bicyclic) bond motifs is 3. The lowest BCUT2D eigenvalue weighted by molar-refractivity contribution is 0.0785. The van der Waals surface area contributed by atoms with Gasteiger partial charge in [-0.05, 0) is 12.1 Å². The highest BCUT2D eigenvalue weighted by molar-refractivity contribution is 5.99. The van der Waals surface area contributed by atoms with E-state index in [-0.39, 0.29) is 11.8 Å². The molecule has 1 amide bonds. The molecule has 0 radical (unpaired) electrons. The Morgan fingerprint density at radius 3 is 2.83 bits per heavy atom. The van der Waals surface area contributed by atoms with Gasteiger partial charge in [0.25, 0.3) is 11.8 Å². The fraction of sp³-hybridized carbons (Fsp3) is 0.125. The number of hydrogen-bond donors (Lipinski definition) is 0. The number of benzene rings is 1. The summed E-state index contributed by atoms with van der Waals surface area (Å²) in [5.41, 5.74) is 2.32. The largest absolute Gasteiger partial charge is 0.336 e. The van der Waals surface area contributed by atoms with E-state index in [1.807, 2.05) is 18.2 Å². The smallest absolute Gasteiger partial charge is 0.283 e. The summed E-state index contributed by atoms with van der Waals surface area (Å²) in [6.45, 7) is 0.309. The molecule has 7 heteroatoms. The van der Waals surface area contributed by atoms with Crippen LogP contribution in [0, 0.1) is 0 Å². The van der Waals surface area contributed by atoms with Crippen LogP contribution in [-0.2, 0) is 6.54 Å². The Balaban J connectivity index is 1.91. The molecule has 7 nitrogen and oxygen atoms in total. The van der Waals surface area contributed by atoms with Crippen LogP contribution in [0.3, 0.4) is 0 Å². The van der Waals surface area contributed by atoms with Crippen molar-refractivity contribution in [1.82, 2.24) is 24.0 Å². The Hall–Kier alpha value is -3.22. The van der Waals surface area contributed by atoms with Gasteiger partial charge in [0.15, 0.2) is 5.69 Å². The minimum Gasteiger partial charge on any atom is -0.336 e. The van der Waals surface area contributed by atoms with Crippen LogP contribution in [0.1, 0.15) is 26.5 Å². The van der Waals surface area contributed by atoms with Gasteiger partial charge in [-0.3, -0.25) is 18.7 Å². The molecule has 1 aliphatic rings. The predicted octanol–water partition coefficient (Wildman–Crippen LogP) is 1.34. The highest BCUT2D eigenvalue weighted by Crippen LogP contribution is 2.25. The van der Waals surface area contributed by atoms with E-state index in [0.29, 0.717) is 23.5 Å². The summed E-state index contributed by atoms with van der Waals surface area (Å²) in [5.74, 6) is -0.346. The first kappa shape index (κ1) is 13.4. The molecule has 114 valence electrons. The van der Waals surface area contributed by atoms with Gasteiger partial charge in [-0.2, -0.15) is 0 Å². The average molecular weight is 307 g/mol. The van der Waals surface area contributed by atoms with Crippen molar-refractivity contribution in [2.24, 2.45) is 0 Å². The van der Waals surface area contributed by atoms with E-state index >= 15 is 0 Å². The second-order valence-corrected chi connectivity index (χ2v) is 5.36. The Labute approximate surface area is 131 Å². The van der Waals surface area contributed by atoms with Gasteiger partial charge in [-0.25, -0.2) is 9.97 Å². The van der Waals surface area contributed by atoms with Crippen molar-refractivity contribution in [3.63, 3.8) is 0 Å². The molecule has 1 aliphatic heterocycles. The molecule has 0 saturated heterocycles. The first-order chi connectivity index (χ1) is 11.2. The van der Waals surface area contributed by atoms with Crippen molar-refractivity contribution in [2.45, 2.75) is 6.54 Å². The minimum atomic E-state index is -0.267. The summed E-state index contributed by atoms with van der Waals surface area (Å²) in [4.78, 5) is 34.9. The van der Waals surface area contributed by atoms with Gasteiger partial charge in [-0.15, -0.1) is 0 Å². The van der Waals surface area contributed by atoms with Crippen molar-refractivity contribution in [3.05, 3.63) is 66.3 Å². The van der Waals surface area contributed by atoms with Crippen LogP contribution in [0.25, 0.3) is 5.69 Å². The summed E-state index contributed by atoms with van der Waals surface area (Å²) in [7, 11) is 1.72. The second-order valence-electron chi connectivity index (χ2n) is 5.36. The maximum atomic E-state index is 12.6. The molecule has 2 aromatic heterocycles. The molecule has 0 aliphatic carbocycles. The maximum absolute atomic E-state index is 12.6. The third kappa shape index (κ3) is 1.97. The Kier molecular flexibility index (Phi) is 2.87. The first-order valence-corrected chi connectivity index (χ1v) is 7.10. The van der Waals surface area contributed by atoms with Gasteiger partial charge >= 0.3 is 0 Å². The summed E-state index contributed by atoms with van der Waals surface area (Å²) in [5, 5.41) is 0. The van der Waals surface area contributed by atoms with Crippen LogP contribution in [0.5, 0.6) is 0 Å². The lowest BCUT2D eigenvalue weighted by Gasteiger charge is -2.14. The lowest BCUT2D eigenvalue weighted by atomic mass is 10.1. The van der Waals surface area contributed by atoms with Gasteiger partial charge in [0.1, 0.15) is 12.7 Å². The zero-order chi connectivity index (χ0) is 16.0. The minimum absolute atomic E-state index is 0.0784. The van der Waals surface area contributed by atoms with Crippen LogP contribution in [0.15, 0.2) is 49.3 Å². The van der Waals surface area contributed by atoms with Crippen molar-refractivity contribution in [1.29, 1.82) is 0 Å². The predicted molar refractivity (Wildman–Crippen MR) is 81.3 cm³/mol. The highest BCUT2D eigenvalue weighted by Gasteiger charge is 2.28. The Bertz CT molecular complexity index is 910. The second kappa shape index (κ2) is 4.91. The van der Waals surface area contributed by atoms with E-state index in [9.17, 15) is 9.59 Å². The molecule has 0 bridgehead atoms. The van der Waals surface area contributed by atoms with Gasteiger partial charge in [0, 0.05) is 19.4 Å². The molecule has 3 aromatic rings. The Morgan fingerprint density at radius 2 is 2.04 bits per heavy atom. The van der Waals surface area contributed by atoms with E-state index in [1.165, 1.54) is 17.1 Å². The van der Waals surface area contributed by atoms with E-state index in [1.54, 1.807) is 35.1 Å². The van der Waals surface area contributed by atoms with Crippen LogP contribution in [-0.4, -0.2) is 42.9 Å². The van der Waals surface area contributed by atoms with Crippen LogP contribution >= 0.6 is 0 Å². The van der Waals surface area contributed by atoms with Gasteiger partial charge in [0.2, 0.25) is 0 Å². The molecule has 3 heterocycles. The summed E-state index contributed by atoms with van der Waals surface area (Å²) < 4.78 is 3.18. The molecule has 0 N–H and O–H groups in total. The van der Waals surface area contributed by atoms with E-state index in [4.69, 9.17) is 0 Å². The van der Waals surface area contributed by atoms with E-state index in [0.717, 1.165) is 5.69 Å². The third-order valence-corrected chi connectivity index (χ3v) is 3.94. The van der Waals surface area contributed by atoms with Crippen molar-refractivity contribution in [3.8, 4) is 5.69 Å². The molecule has 4 rings (SSSR count). The van der Waals surface area contributed by atoms with Crippen molar-refractivity contribution >= 4 is 11.8 Å². The van der Waals surface area contributed by atoms with Gasteiger partial charge in [0.05, 0.1) is 23.5 Å². The molecule has 0 atom stereocenters.